The molecule has 1 rings (SSSR count). The standard InChI is InChI=1S/C11H22N2O2/c1-9(13(8-12)11(14)15)7-10-5-3-2-4-6-10/h9-10H,2-8,12H2,1H3,(H,14,15)/t9-/m0/s1. The Kier molecular flexibility index (Phi) is 4.88. The van der Waals surface area contributed by atoms with Crippen LogP contribution in [0.5, 0.6) is 0 Å². The molecule has 15 heavy (non-hydrogen) atoms. The van der Waals surface area contributed by atoms with E-state index in [1.165, 1.54) is 37.0 Å². The minimum Gasteiger partial charge on any atom is -0.465 e. The number of amides is 1. The normalized spacial score (nSPS) is 19.9. The van der Waals surface area contributed by atoms with Gasteiger partial charge in [-0.15, -0.1) is 0 Å². The third-order valence-electron chi connectivity index (χ3n) is 3.37. The molecular weight excluding hydrogens is 192 g/mol. The summed E-state index contributed by atoms with van der Waals surface area (Å²) in [5.74, 6) is 0.696. The maximum absolute atomic E-state index is 10.9. The summed E-state index contributed by atoms with van der Waals surface area (Å²) in [7, 11) is 0. The van der Waals surface area contributed by atoms with Gasteiger partial charge in [0.15, 0.2) is 0 Å². The molecule has 1 fully saturated rings. The predicted octanol–water partition coefficient (Wildman–Crippen LogP) is 2.24. The van der Waals surface area contributed by atoms with Crippen molar-refractivity contribution in [3.63, 3.8) is 0 Å². The highest BCUT2D eigenvalue weighted by atomic mass is 16.4. The molecule has 0 radical (unpaired) electrons. The lowest BCUT2D eigenvalue weighted by Crippen LogP contribution is -2.42. The van der Waals surface area contributed by atoms with E-state index in [0.29, 0.717) is 5.92 Å². The van der Waals surface area contributed by atoms with E-state index in [4.69, 9.17) is 10.8 Å². The summed E-state index contributed by atoms with van der Waals surface area (Å²) in [6.45, 7) is 2.05. The topological polar surface area (TPSA) is 66.6 Å². The van der Waals surface area contributed by atoms with Gasteiger partial charge in [0.05, 0.1) is 6.67 Å². The summed E-state index contributed by atoms with van der Waals surface area (Å²) in [6.07, 6.45) is 6.50. The van der Waals surface area contributed by atoms with Gasteiger partial charge < -0.3 is 10.8 Å². The van der Waals surface area contributed by atoms with Crippen LogP contribution in [0.3, 0.4) is 0 Å². The van der Waals surface area contributed by atoms with Gasteiger partial charge in [-0.05, 0) is 19.3 Å². The fourth-order valence-corrected chi connectivity index (χ4v) is 2.48. The van der Waals surface area contributed by atoms with E-state index in [1.54, 1.807) is 0 Å². The Hall–Kier alpha value is -0.770. The van der Waals surface area contributed by atoms with Crippen molar-refractivity contribution in [3.05, 3.63) is 0 Å². The quantitative estimate of drug-likeness (QED) is 0.705. The van der Waals surface area contributed by atoms with E-state index >= 15 is 0 Å². The molecule has 0 heterocycles. The number of rotatable bonds is 4. The van der Waals surface area contributed by atoms with Gasteiger partial charge in [-0.2, -0.15) is 0 Å². The molecule has 0 bridgehead atoms. The zero-order valence-electron chi connectivity index (χ0n) is 9.48. The van der Waals surface area contributed by atoms with Crippen molar-refractivity contribution in [2.45, 2.75) is 51.5 Å². The molecule has 1 saturated carbocycles. The van der Waals surface area contributed by atoms with Crippen molar-refractivity contribution in [3.8, 4) is 0 Å². The second-order valence-corrected chi connectivity index (χ2v) is 4.52. The van der Waals surface area contributed by atoms with Crippen molar-refractivity contribution in [2.24, 2.45) is 11.7 Å². The molecule has 0 saturated heterocycles. The van der Waals surface area contributed by atoms with Crippen molar-refractivity contribution < 1.29 is 9.90 Å². The number of carboxylic acid groups (broad SMARTS) is 1. The Morgan fingerprint density at radius 1 is 1.47 bits per heavy atom. The molecule has 1 aliphatic rings. The first-order valence-corrected chi connectivity index (χ1v) is 5.84. The van der Waals surface area contributed by atoms with Gasteiger partial charge in [0, 0.05) is 6.04 Å². The second kappa shape index (κ2) is 5.95. The molecule has 1 aliphatic carbocycles. The minimum absolute atomic E-state index is 0.0515. The van der Waals surface area contributed by atoms with Gasteiger partial charge in [0.25, 0.3) is 0 Å². The summed E-state index contributed by atoms with van der Waals surface area (Å²) < 4.78 is 0. The van der Waals surface area contributed by atoms with Gasteiger partial charge in [0.2, 0.25) is 0 Å². The average Bonchev–Trinajstić information content (AvgIpc) is 2.19. The van der Waals surface area contributed by atoms with Crippen LogP contribution < -0.4 is 5.73 Å². The van der Waals surface area contributed by atoms with Crippen LogP contribution in [-0.4, -0.2) is 28.8 Å². The lowest BCUT2D eigenvalue weighted by Gasteiger charge is -2.30. The third-order valence-corrected chi connectivity index (χ3v) is 3.37. The minimum atomic E-state index is -0.902. The van der Waals surface area contributed by atoms with Gasteiger partial charge in [-0.1, -0.05) is 32.1 Å². The molecule has 0 aromatic carbocycles. The van der Waals surface area contributed by atoms with E-state index in [1.807, 2.05) is 6.92 Å². The van der Waals surface area contributed by atoms with E-state index in [-0.39, 0.29) is 12.7 Å². The predicted molar refractivity (Wildman–Crippen MR) is 59.6 cm³/mol. The van der Waals surface area contributed by atoms with Crippen LogP contribution in [-0.2, 0) is 0 Å². The maximum Gasteiger partial charge on any atom is 0.408 e. The number of hydrogen-bond acceptors (Lipinski definition) is 2. The maximum atomic E-state index is 10.9. The smallest absolute Gasteiger partial charge is 0.408 e. The largest absolute Gasteiger partial charge is 0.465 e. The monoisotopic (exact) mass is 214 g/mol. The zero-order valence-corrected chi connectivity index (χ0v) is 9.48. The Morgan fingerprint density at radius 3 is 2.53 bits per heavy atom. The first-order chi connectivity index (χ1) is 7.15. The number of hydrogen-bond donors (Lipinski definition) is 2. The summed E-state index contributed by atoms with van der Waals surface area (Å²) in [5.41, 5.74) is 5.42. The SMILES string of the molecule is C[C@@H](CC1CCCCC1)N(CN)C(=O)O. The molecule has 0 aliphatic heterocycles. The van der Waals surface area contributed by atoms with Gasteiger partial charge >= 0.3 is 6.09 Å². The van der Waals surface area contributed by atoms with Crippen molar-refractivity contribution >= 4 is 6.09 Å². The van der Waals surface area contributed by atoms with Crippen LogP contribution in [0.25, 0.3) is 0 Å². The van der Waals surface area contributed by atoms with E-state index in [9.17, 15) is 4.79 Å². The Balaban J connectivity index is 2.38. The zero-order chi connectivity index (χ0) is 11.3. The van der Waals surface area contributed by atoms with Crippen molar-refractivity contribution in [2.75, 3.05) is 6.67 Å². The van der Waals surface area contributed by atoms with Crippen LogP contribution in [0, 0.1) is 5.92 Å². The Morgan fingerprint density at radius 2 is 2.07 bits per heavy atom. The van der Waals surface area contributed by atoms with Crippen LogP contribution in [0.15, 0.2) is 0 Å². The Bertz CT molecular complexity index is 203. The lowest BCUT2D eigenvalue weighted by atomic mass is 9.85. The Labute approximate surface area is 91.4 Å². The van der Waals surface area contributed by atoms with E-state index in [2.05, 4.69) is 0 Å². The highest BCUT2D eigenvalue weighted by Crippen LogP contribution is 2.28. The number of nitrogens with zero attached hydrogens (tertiary/aromatic N) is 1. The van der Waals surface area contributed by atoms with Gasteiger partial charge in [-0.3, -0.25) is 4.90 Å². The van der Waals surface area contributed by atoms with Crippen LogP contribution in [0.4, 0.5) is 4.79 Å². The van der Waals surface area contributed by atoms with Gasteiger partial charge in [0.1, 0.15) is 0 Å². The fourth-order valence-electron chi connectivity index (χ4n) is 2.48. The first kappa shape index (κ1) is 12.3. The average molecular weight is 214 g/mol. The molecular formula is C11H22N2O2. The van der Waals surface area contributed by atoms with Crippen LogP contribution >= 0.6 is 0 Å². The summed E-state index contributed by atoms with van der Waals surface area (Å²) in [6, 6.07) is 0.0515. The molecule has 4 heteroatoms. The molecule has 0 spiro atoms. The van der Waals surface area contributed by atoms with Crippen molar-refractivity contribution in [1.82, 2.24) is 4.90 Å². The van der Waals surface area contributed by atoms with Crippen LogP contribution in [0.2, 0.25) is 0 Å². The molecule has 4 nitrogen and oxygen atoms in total. The molecule has 1 atom stereocenters. The summed E-state index contributed by atoms with van der Waals surface area (Å²) in [5, 5.41) is 8.92. The van der Waals surface area contributed by atoms with E-state index in [0.717, 1.165) is 6.42 Å². The highest BCUT2D eigenvalue weighted by Gasteiger charge is 2.22. The lowest BCUT2D eigenvalue weighted by molar-refractivity contribution is 0.119. The third kappa shape index (κ3) is 3.70. The van der Waals surface area contributed by atoms with Gasteiger partial charge in [-0.25, -0.2) is 4.79 Å². The summed E-state index contributed by atoms with van der Waals surface area (Å²) >= 11 is 0. The molecule has 88 valence electrons. The molecule has 0 unspecified atom stereocenters. The molecule has 3 N–H and O–H groups in total. The molecule has 1 amide bonds. The molecule has 0 aromatic rings. The summed E-state index contributed by atoms with van der Waals surface area (Å²) in [4.78, 5) is 12.2. The van der Waals surface area contributed by atoms with Crippen molar-refractivity contribution in [1.29, 1.82) is 0 Å². The fraction of sp³-hybridized carbons (Fsp3) is 0.909. The van der Waals surface area contributed by atoms with E-state index < -0.39 is 6.09 Å². The number of nitrogens with two attached hydrogens (primary N) is 1. The second-order valence-electron chi connectivity index (χ2n) is 4.52. The van der Waals surface area contributed by atoms with Crippen LogP contribution in [0.1, 0.15) is 45.4 Å². The molecule has 0 aromatic heterocycles. The highest BCUT2D eigenvalue weighted by molar-refractivity contribution is 5.65. The first-order valence-electron chi connectivity index (χ1n) is 5.84. The number of carbonyl (C=O) groups is 1.